The minimum atomic E-state index is 0.739. The third-order valence-electron chi connectivity index (χ3n) is 6.00. The quantitative estimate of drug-likeness (QED) is 0.432. The molecule has 2 aliphatic rings. The molecule has 0 radical (unpaired) electrons. The lowest BCUT2D eigenvalue weighted by molar-refractivity contribution is 0.294. The molecule has 3 rings (SSSR count). The maximum Gasteiger partial charge on any atom is 0.130 e. The number of rotatable bonds is 8. The van der Waals surface area contributed by atoms with Crippen molar-refractivity contribution in [1.82, 2.24) is 0 Å². The highest BCUT2D eigenvalue weighted by atomic mass is 16.5. The van der Waals surface area contributed by atoms with E-state index < -0.39 is 0 Å². The third-order valence-corrected chi connectivity index (χ3v) is 6.00. The van der Waals surface area contributed by atoms with Gasteiger partial charge in [0.2, 0.25) is 0 Å². The second-order valence-electron chi connectivity index (χ2n) is 8.48. The summed E-state index contributed by atoms with van der Waals surface area (Å²) in [5, 5.41) is 0. The maximum atomic E-state index is 6.21. The summed E-state index contributed by atoms with van der Waals surface area (Å²) in [6.07, 6.45) is 15.6. The van der Waals surface area contributed by atoms with Gasteiger partial charge in [0.05, 0.1) is 13.2 Å². The first-order valence-corrected chi connectivity index (χ1v) is 11.9. The fourth-order valence-corrected chi connectivity index (χ4v) is 4.18. The van der Waals surface area contributed by atoms with Gasteiger partial charge in [-0.3, -0.25) is 0 Å². The van der Waals surface area contributed by atoms with Crippen LogP contribution in [0.3, 0.4) is 0 Å². The first-order chi connectivity index (χ1) is 14.7. The van der Waals surface area contributed by atoms with E-state index in [9.17, 15) is 0 Å². The van der Waals surface area contributed by atoms with Gasteiger partial charge in [-0.25, -0.2) is 0 Å². The fraction of sp³-hybridized carbons (Fsp3) is 0.500. The van der Waals surface area contributed by atoms with Crippen molar-refractivity contribution in [2.75, 3.05) is 13.2 Å². The molecule has 0 amide bonds. The molecule has 1 aromatic carbocycles. The van der Waals surface area contributed by atoms with E-state index in [1.165, 1.54) is 48.0 Å². The number of fused-ring (bicyclic) bond motifs is 2. The molecule has 30 heavy (non-hydrogen) atoms. The van der Waals surface area contributed by atoms with E-state index in [0.29, 0.717) is 0 Å². The normalized spacial score (nSPS) is 19.7. The molecule has 0 aliphatic carbocycles. The van der Waals surface area contributed by atoms with Crippen LogP contribution in [0.4, 0.5) is 0 Å². The number of ether oxygens (including phenoxy) is 2. The lowest BCUT2D eigenvalue weighted by atomic mass is 9.87. The van der Waals surface area contributed by atoms with Crippen molar-refractivity contribution in [2.45, 2.75) is 78.1 Å². The van der Waals surface area contributed by atoms with Crippen molar-refractivity contribution in [2.24, 2.45) is 0 Å². The summed E-state index contributed by atoms with van der Waals surface area (Å²) in [6, 6.07) is 4.40. The van der Waals surface area contributed by atoms with Gasteiger partial charge >= 0.3 is 0 Å². The highest BCUT2D eigenvalue weighted by Crippen LogP contribution is 2.43. The molecule has 162 valence electrons. The van der Waals surface area contributed by atoms with Crippen LogP contribution in [0, 0.1) is 0 Å². The predicted octanol–water partition coefficient (Wildman–Crippen LogP) is 8.29. The van der Waals surface area contributed by atoms with E-state index in [1.807, 2.05) is 0 Å². The van der Waals surface area contributed by atoms with Gasteiger partial charge in [0.25, 0.3) is 0 Å². The molecule has 0 saturated heterocycles. The number of allylic oxidation sites excluding steroid dienone is 6. The Kier molecular flexibility index (Phi) is 8.42. The van der Waals surface area contributed by atoms with Crippen LogP contribution in [0.15, 0.2) is 48.6 Å². The van der Waals surface area contributed by atoms with Crippen molar-refractivity contribution in [1.29, 1.82) is 0 Å². The molecule has 0 atom stereocenters. The van der Waals surface area contributed by atoms with E-state index in [4.69, 9.17) is 9.47 Å². The smallest absolute Gasteiger partial charge is 0.130 e. The molecule has 2 aliphatic heterocycles. The molecule has 0 spiro atoms. The monoisotopic (exact) mass is 406 g/mol. The summed E-state index contributed by atoms with van der Waals surface area (Å²) >= 11 is 0. The Balaban J connectivity index is 2.08. The molecular weight excluding hydrogens is 368 g/mol. The molecule has 0 N–H and O–H groups in total. The largest absolute Gasteiger partial charge is 0.493 e. The maximum absolute atomic E-state index is 6.21. The van der Waals surface area contributed by atoms with Crippen LogP contribution in [0.25, 0.3) is 11.1 Å². The standard InChI is InChI=1S/C28H38O2/c1-5-7-13-21(3)23-15-9-11-17-29-27-20-28-26(19-25(23)27)24(16-10-12-18-30-28)22(4)14-8-6-2/h15-16,19-20H,3-14,17-18H2,1-2H3/b23-15-,24-16-. The Morgan fingerprint density at radius 2 is 1.23 bits per heavy atom. The van der Waals surface area contributed by atoms with Crippen LogP contribution in [0.1, 0.15) is 89.2 Å². The van der Waals surface area contributed by atoms with Crippen molar-refractivity contribution >= 4 is 11.1 Å². The Morgan fingerprint density at radius 1 is 0.767 bits per heavy atom. The fourth-order valence-electron chi connectivity index (χ4n) is 4.18. The minimum Gasteiger partial charge on any atom is -0.493 e. The average molecular weight is 407 g/mol. The van der Waals surface area contributed by atoms with Crippen LogP contribution in [0.5, 0.6) is 11.5 Å². The van der Waals surface area contributed by atoms with E-state index in [1.54, 1.807) is 0 Å². The second-order valence-corrected chi connectivity index (χ2v) is 8.48. The Labute approximate surface area is 183 Å². The Morgan fingerprint density at radius 3 is 1.67 bits per heavy atom. The molecular formula is C28H38O2. The van der Waals surface area contributed by atoms with Crippen molar-refractivity contribution < 1.29 is 9.47 Å². The lowest BCUT2D eigenvalue weighted by Crippen LogP contribution is -2.08. The summed E-state index contributed by atoms with van der Waals surface area (Å²) < 4.78 is 12.4. The molecule has 0 unspecified atom stereocenters. The molecule has 1 aromatic rings. The van der Waals surface area contributed by atoms with Gasteiger partial charge in [0, 0.05) is 17.2 Å². The van der Waals surface area contributed by atoms with Gasteiger partial charge < -0.3 is 9.47 Å². The van der Waals surface area contributed by atoms with Gasteiger partial charge in [-0.05, 0) is 79.7 Å². The van der Waals surface area contributed by atoms with E-state index in [2.05, 4.69) is 51.3 Å². The first kappa shape index (κ1) is 22.5. The minimum absolute atomic E-state index is 0.739. The summed E-state index contributed by atoms with van der Waals surface area (Å²) in [5.41, 5.74) is 7.25. The van der Waals surface area contributed by atoms with E-state index >= 15 is 0 Å². The van der Waals surface area contributed by atoms with Crippen molar-refractivity contribution in [3.8, 4) is 11.5 Å². The second kappa shape index (κ2) is 11.2. The zero-order valence-corrected chi connectivity index (χ0v) is 19.0. The molecule has 0 bridgehead atoms. The summed E-state index contributed by atoms with van der Waals surface area (Å²) in [5.74, 6) is 1.85. The summed E-state index contributed by atoms with van der Waals surface area (Å²) in [6.45, 7) is 14.8. The average Bonchev–Trinajstić information content (AvgIpc) is 2.72. The molecule has 2 heterocycles. The number of hydrogen-bond donors (Lipinski definition) is 0. The van der Waals surface area contributed by atoms with Crippen LogP contribution in [-0.4, -0.2) is 13.2 Å². The van der Waals surface area contributed by atoms with Crippen molar-refractivity contribution in [3.05, 3.63) is 59.7 Å². The van der Waals surface area contributed by atoms with Gasteiger partial charge in [0.15, 0.2) is 0 Å². The molecule has 0 aromatic heterocycles. The molecule has 0 saturated carbocycles. The van der Waals surface area contributed by atoms with Crippen LogP contribution < -0.4 is 9.47 Å². The van der Waals surface area contributed by atoms with Crippen molar-refractivity contribution in [3.63, 3.8) is 0 Å². The molecule has 0 fully saturated rings. The number of unbranched alkanes of at least 4 members (excludes halogenated alkanes) is 2. The van der Waals surface area contributed by atoms with E-state index in [-0.39, 0.29) is 0 Å². The highest BCUT2D eigenvalue weighted by molar-refractivity contribution is 5.88. The third kappa shape index (κ3) is 5.47. The summed E-state index contributed by atoms with van der Waals surface area (Å²) in [4.78, 5) is 0. The summed E-state index contributed by atoms with van der Waals surface area (Å²) in [7, 11) is 0. The number of benzene rings is 1. The van der Waals surface area contributed by atoms with Gasteiger partial charge in [-0.15, -0.1) is 0 Å². The zero-order valence-electron chi connectivity index (χ0n) is 19.0. The Hall–Kier alpha value is -2.22. The van der Waals surface area contributed by atoms with Crippen LogP contribution in [0.2, 0.25) is 0 Å². The first-order valence-electron chi connectivity index (χ1n) is 11.9. The molecule has 2 heteroatoms. The Bertz CT molecular complexity index is 760. The number of hydrogen-bond acceptors (Lipinski definition) is 2. The topological polar surface area (TPSA) is 18.5 Å². The lowest BCUT2D eigenvalue weighted by Gasteiger charge is -2.24. The zero-order chi connectivity index (χ0) is 21.3. The van der Waals surface area contributed by atoms with Crippen LogP contribution in [-0.2, 0) is 0 Å². The van der Waals surface area contributed by atoms with Crippen LogP contribution >= 0.6 is 0 Å². The SMILES string of the molecule is C=C(CCCC)/C1=C/CCCOc2cc3c(cc21)/C(C(=C)CCCC)=C\CCCO3. The van der Waals surface area contributed by atoms with E-state index in [0.717, 1.165) is 74.4 Å². The predicted molar refractivity (Wildman–Crippen MR) is 129 cm³/mol. The van der Waals surface area contributed by atoms with Gasteiger partial charge in [-0.1, -0.05) is 52.0 Å². The molecule has 2 nitrogen and oxygen atoms in total. The van der Waals surface area contributed by atoms with Gasteiger partial charge in [0.1, 0.15) is 11.5 Å². The van der Waals surface area contributed by atoms with Gasteiger partial charge in [-0.2, -0.15) is 0 Å². The highest BCUT2D eigenvalue weighted by Gasteiger charge is 2.22.